The highest BCUT2D eigenvalue weighted by atomic mass is 16.1. The molecule has 0 radical (unpaired) electrons. The van der Waals surface area contributed by atoms with Gasteiger partial charge in [-0.1, -0.05) is 0 Å². The maximum atomic E-state index is 11.5. The Morgan fingerprint density at radius 1 is 1.46 bits per heavy atom. The quantitative estimate of drug-likeness (QED) is 0.642. The highest BCUT2D eigenvalue weighted by Gasteiger charge is 2.06. The van der Waals surface area contributed by atoms with Gasteiger partial charge in [0.25, 0.3) is 5.56 Å². The summed E-state index contributed by atoms with van der Waals surface area (Å²) >= 11 is 0. The van der Waals surface area contributed by atoms with Crippen molar-refractivity contribution in [3.05, 3.63) is 33.2 Å². The van der Waals surface area contributed by atoms with E-state index in [4.69, 9.17) is 0 Å². The number of rotatable bonds is 2. The van der Waals surface area contributed by atoms with Crippen molar-refractivity contribution in [2.45, 2.75) is 27.3 Å². The van der Waals surface area contributed by atoms with E-state index in [0.29, 0.717) is 12.8 Å². The van der Waals surface area contributed by atoms with Gasteiger partial charge in [0.1, 0.15) is 0 Å². The summed E-state index contributed by atoms with van der Waals surface area (Å²) in [6.45, 7) is 6.28. The first-order valence-electron chi connectivity index (χ1n) is 4.28. The van der Waals surface area contributed by atoms with E-state index in [2.05, 4.69) is 0 Å². The molecule has 0 N–H and O–H groups in total. The number of aldehydes is 1. The molecule has 0 atom stereocenters. The third-order valence-electron chi connectivity index (χ3n) is 2.28. The molecule has 0 saturated carbocycles. The monoisotopic (exact) mass is 179 g/mol. The van der Waals surface area contributed by atoms with Gasteiger partial charge in [0, 0.05) is 12.2 Å². The number of hydrogen-bond acceptors (Lipinski definition) is 2. The largest absolute Gasteiger partial charge is 0.312 e. The molecule has 0 unspecified atom stereocenters. The van der Waals surface area contributed by atoms with Gasteiger partial charge in [-0.3, -0.25) is 9.59 Å². The van der Waals surface area contributed by atoms with Crippen molar-refractivity contribution in [3.8, 4) is 0 Å². The van der Waals surface area contributed by atoms with Crippen LogP contribution in [0.3, 0.4) is 0 Å². The molecule has 0 fully saturated rings. The van der Waals surface area contributed by atoms with Crippen molar-refractivity contribution in [1.29, 1.82) is 0 Å². The third-order valence-corrected chi connectivity index (χ3v) is 2.28. The average molecular weight is 179 g/mol. The van der Waals surface area contributed by atoms with Crippen molar-refractivity contribution in [2.24, 2.45) is 0 Å². The molecule has 0 aromatic carbocycles. The molecule has 0 spiro atoms. The number of carbonyl (C=O) groups excluding carboxylic acids is 1. The zero-order valence-corrected chi connectivity index (χ0v) is 8.13. The summed E-state index contributed by atoms with van der Waals surface area (Å²) in [6.07, 6.45) is 0.612. The smallest absolute Gasteiger partial charge is 0.261 e. The van der Waals surface area contributed by atoms with Crippen molar-refractivity contribution in [2.75, 3.05) is 0 Å². The summed E-state index contributed by atoms with van der Waals surface area (Å²) in [5.74, 6) is 0. The fourth-order valence-corrected chi connectivity index (χ4v) is 1.39. The zero-order valence-electron chi connectivity index (χ0n) is 8.13. The van der Waals surface area contributed by atoms with Crippen molar-refractivity contribution in [3.63, 3.8) is 0 Å². The molecular formula is C10H13NO2. The standard InChI is InChI=1S/C10H13NO2/c1-4-11-8(3)7(2)5-9(6-12)10(11)13/h5-6H,4H2,1-3H3. The van der Waals surface area contributed by atoms with Gasteiger partial charge in [-0.2, -0.15) is 0 Å². The van der Waals surface area contributed by atoms with Crippen LogP contribution in [0, 0.1) is 13.8 Å². The lowest BCUT2D eigenvalue weighted by Gasteiger charge is -2.10. The summed E-state index contributed by atoms with van der Waals surface area (Å²) in [5.41, 5.74) is 1.95. The van der Waals surface area contributed by atoms with E-state index in [1.165, 1.54) is 0 Å². The summed E-state index contributed by atoms with van der Waals surface area (Å²) < 4.78 is 1.61. The van der Waals surface area contributed by atoms with Gasteiger partial charge in [-0.25, -0.2) is 0 Å². The predicted octanol–water partition coefficient (Wildman–Crippen LogP) is 1.30. The second-order valence-corrected chi connectivity index (χ2v) is 3.04. The lowest BCUT2D eigenvalue weighted by molar-refractivity contribution is 0.112. The summed E-state index contributed by atoms with van der Waals surface area (Å²) in [4.78, 5) is 22.1. The molecule has 1 rings (SSSR count). The van der Waals surface area contributed by atoms with Crippen LogP contribution in [0.5, 0.6) is 0 Å². The van der Waals surface area contributed by atoms with Crippen molar-refractivity contribution < 1.29 is 4.79 Å². The number of carbonyl (C=O) groups is 1. The number of nitrogens with zero attached hydrogens (tertiary/aromatic N) is 1. The van der Waals surface area contributed by atoms with E-state index < -0.39 is 0 Å². The highest BCUT2D eigenvalue weighted by molar-refractivity contribution is 5.74. The molecule has 0 bridgehead atoms. The Bertz CT molecular complexity index is 391. The summed E-state index contributed by atoms with van der Waals surface area (Å²) in [6, 6.07) is 1.64. The number of pyridine rings is 1. The Labute approximate surface area is 77.0 Å². The number of hydrogen-bond donors (Lipinski definition) is 0. The third kappa shape index (κ3) is 1.54. The molecule has 0 aliphatic carbocycles. The topological polar surface area (TPSA) is 39.1 Å². The second-order valence-electron chi connectivity index (χ2n) is 3.04. The first-order valence-corrected chi connectivity index (χ1v) is 4.28. The predicted molar refractivity (Wildman–Crippen MR) is 51.2 cm³/mol. The van der Waals surface area contributed by atoms with Crippen LogP contribution in [-0.2, 0) is 6.54 Å². The molecule has 0 aliphatic rings. The molecule has 0 amide bonds. The molecule has 1 heterocycles. The first kappa shape index (κ1) is 9.71. The molecular weight excluding hydrogens is 166 g/mol. The van der Waals surface area contributed by atoms with Gasteiger partial charge >= 0.3 is 0 Å². The normalized spacial score (nSPS) is 10.1. The Balaban J connectivity index is 3.57. The molecule has 70 valence electrons. The van der Waals surface area contributed by atoms with E-state index >= 15 is 0 Å². The van der Waals surface area contributed by atoms with Crippen LogP contribution in [0.1, 0.15) is 28.5 Å². The van der Waals surface area contributed by atoms with Crippen LogP contribution in [0.2, 0.25) is 0 Å². The van der Waals surface area contributed by atoms with Gasteiger partial charge in [-0.05, 0) is 32.4 Å². The Morgan fingerprint density at radius 2 is 2.08 bits per heavy atom. The number of aromatic nitrogens is 1. The van der Waals surface area contributed by atoms with Crippen LogP contribution in [0.4, 0.5) is 0 Å². The van der Waals surface area contributed by atoms with Crippen LogP contribution in [0.15, 0.2) is 10.9 Å². The summed E-state index contributed by atoms with van der Waals surface area (Å²) in [5, 5.41) is 0. The van der Waals surface area contributed by atoms with Crippen LogP contribution in [-0.4, -0.2) is 10.9 Å². The maximum absolute atomic E-state index is 11.5. The van der Waals surface area contributed by atoms with E-state index in [1.807, 2.05) is 20.8 Å². The van der Waals surface area contributed by atoms with Gasteiger partial charge in [0.15, 0.2) is 6.29 Å². The lowest BCUT2D eigenvalue weighted by Crippen LogP contribution is -2.25. The van der Waals surface area contributed by atoms with Gasteiger partial charge in [0.2, 0.25) is 0 Å². The second kappa shape index (κ2) is 3.56. The van der Waals surface area contributed by atoms with E-state index in [1.54, 1.807) is 10.6 Å². The zero-order chi connectivity index (χ0) is 10.0. The minimum absolute atomic E-state index is 0.194. The molecule has 13 heavy (non-hydrogen) atoms. The number of aryl methyl sites for hydroxylation is 1. The molecule has 3 heteroatoms. The highest BCUT2D eigenvalue weighted by Crippen LogP contribution is 2.04. The lowest BCUT2D eigenvalue weighted by atomic mass is 10.1. The minimum Gasteiger partial charge on any atom is -0.312 e. The molecule has 0 saturated heterocycles. The average Bonchev–Trinajstić information content (AvgIpc) is 2.12. The fourth-order valence-electron chi connectivity index (χ4n) is 1.39. The van der Waals surface area contributed by atoms with Crippen molar-refractivity contribution >= 4 is 6.29 Å². The fraction of sp³-hybridized carbons (Fsp3) is 0.400. The first-order chi connectivity index (χ1) is 6.11. The van der Waals surface area contributed by atoms with Crippen LogP contribution >= 0.6 is 0 Å². The Kier molecular flexibility index (Phi) is 2.66. The minimum atomic E-state index is -0.194. The van der Waals surface area contributed by atoms with Crippen LogP contribution in [0.25, 0.3) is 0 Å². The van der Waals surface area contributed by atoms with Gasteiger partial charge in [0.05, 0.1) is 5.56 Å². The van der Waals surface area contributed by atoms with E-state index in [9.17, 15) is 9.59 Å². The molecule has 1 aromatic heterocycles. The Hall–Kier alpha value is -1.38. The summed E-state index contributed by atoms with van der Waals surface area (Å²) in [7, 11) is 0. The van der Waals surface area contributed by atoms with Gasteiger partial charge in [-0.15, -0.1) is 0 Å². The molecule has 0 aliphatic heterocycles. The molecule has 1 aromatic rings. The Morgan fingerprint density at radius 3 is 2.54 bits per heavy atom. The maximum Gasteiger partial charge on any atom is 0.261 e. The van der Waals surface area contributed by atoms with E-state index in [-0.39, 0.29) is 11.1 Å². The SMILES string of the molecule is CCn1c(C)c(C)cc(C=O)c1=O. The molecule has 3 nitrogen and oxygen atoms in total. The van der Waals surface area contributed by atoms with Crippen LogP contribution < -0.4 is 5.56 Å². The van der Waals surface area contributed by atoms with Crippen molar-refractivity contribution in [1.82, 2.24) is 4.57 Å². The van der Waals surface area contributed by atoms with E-state index in [0.717, 1.165) is 11.3 Å². The van der Waals surface area contributed by atoms with Gasteiger partial charge < -0.3 is 4.57 Å².